The maximum atomic E-state index is 10.9. The van der Waals surface area contributed by atoms with Gasteiger partial charge in [-0.25, -0.2) is 0 Å². The van der Waals surface area contributed by atoms with Gasteiger partial charge in [-0.05, 0) is 19.8 Å². The third-order valence-corrected chi connectivity index (χ3v) is 2.01. The Kier molecular flexibility index (Phi) is 2.51. The van der Waals surface area contributed by atoms with Gasteiger partial charge in [0, 0.05) is 0 Å². The van der Waals surface area contributed by atoms with Gasteiger partial charge in [0.1, 0.15) is 6.04 Å². The number of carbonyl (C=O) groups excluding carboxylic acids is 1. The maximum Gasteiger partial charge on any atom is 0.377 e. The molecule has 1 unspecified atom stereocenters. The number of carbonyl (C=O) groups is 1. The second-order valence-corrected chi connectivity index (χ2v) is 2.70. The zero-order valence-corrected chi connectivity index (χ0v) is 6.78. The van der Waals surface area contributed by atoms with E-state index in [4.69, 9.17) is 5.02 Å². The summed E-state index contributed by atoms with van der Waals surface area (Å²) in [6.45, 7) is 2.42. The van der Waals surface area contributed by atoms with Gasteiger partial charge in [0.2, 0.25) is 0 Å². The molecule has 1 aliphatic heterocycles. The van der Waals surface area contributed by atoms with Gasteiger partial charge in [-0.3, -0.25) is 4.79 Å². The lowest BCUT2D eigenvalue weighted by molar-refractivity contribution is -0.149. The van der Waals surface area contributed by atoms with E-state index in [1.54, 1.807) is 11.6 Å². The van der Waals surface area contributed by atoms with Crippen molar-refractivity contribution in [3.05, 3.63) is 0 Å². The van der Waals surface area contributed by atoms with E-state index in [0.29, 0.717) is 0 Å². The van der Waals surface area contributed by atoms with Crippen molar-refractivity contribution in [2.24, 2.45) is 0 Å². The largest absolute Gasteiger partial charge is 0.468 e. The molecule has 11 heavy (non-hydrogen) atoms. The van der Waals surface area contributed by atoms with Crippen LogP contribution in [-0.4, -0.2) is 42.6 Å². The van der Waals surface area contributed by atoms with Crippen LogP contribution in [0.5, 0.6) is 0 Å². The van der Waals surface area contributed by atoms with Crippen molar-refractivity contribution in [1.29, 1.82) is 0 Å². The van der Waals surface area contributed by atoms with Crippen LogP contribution in [0.3, 0.4) is 0 Å². The molecule has 4 nitrogen and oxygen atoms in total. The molecule has 1 N–H and O–H groups in total. The Bertz CT molecular complexity index is 162. The molecule has 1 rings (SSSR count). The van der Waals surface area contributed by atoms with Crippen LogP contribution in [0, 0.1) is 0 Å². The Balaban J connectivity index is 2.43. The molecule has 0 radical (unpaired) electrons. The minimum Gasteiger partial charge on any atom is -0.468 e. The average Bonchev–Trinajstić information content (AvgIpc) is 1.83. The van der Waals surface area contributed by atoms with Crippen molar-refractivity contribution in [2.45, 2.75) is 19.3 Å². The summed E-state index contributed by atoms with van der Waals surface area (Å²) in [5, 5.41) is 9.11. The third-order valence-electron chi connectivity index (χ3n) is 2.01. The number of rotatable bonds is 2. The summed E-state index contributed by atoms with van der Waals surface area (Å²) in [5.74, 6) is -0.253. The molecule has 1 saturated heterocycles. The summed E-state index contributed by atoms with van der Waals surface area (Å²) in [5.41, 5.74) is 0. The first-order valence-electron chi connectivity index (χ1n) is 3.68. The highest BCUT2D eigenvalue weighted by Crippen LogP contribution is 2.18. The van der Waals surface area contributed by atoms with Gasteiger partial charge in [0.25, 0.3) is 0 Å². The van der Waals surface area contributed by atoms with Gasteiger partial charge in [-0.15, -0.1) is 0 Å². The van der Waals surface area contributed by atoms with E-state index in [2.05, 4.69) is 4.74 Å². The fraction of sp³-hybridized carbons (Fsp3) is 0.833. The summed E-state index contributed by atoms with van der Waals surface area (Å²) < 4.78 is 4.54. The Labute approximate surface area is 66.3 Å². The lowest BCUT2D eigenvalue weighted by Gasteiger charge is -2.39. The predicted molar refractivity (Wildman–Crippen MR) is 41.0 cm³/mol. The zero-order valence-electron chi connectivity index (χ0n) is 6.78. The number of ether oxygens (including phenoxy) is 1. The van der Waals surface area contributed by atoms with Crippen LogP contribution in [0.25, 0.3) is 0 Å². The summed E-state index contributed by atoms with van der Waals surface area (Å²) in [6, 6.07) is -0.222. The number of nitrogens with zero attached hydrogens (tertiary/aromatic N) is 1. The molecule has 1 fully saturated rings. The van der Waals surface area contributed by atoms with Crippen molar-refractivity contribution in [2.75, 3.05) is 13.7 Å². The molecule has 0 aromatic rings. The summed E-state index contributed by atoms with van der Waals surface area (Å²) in [6.07, 6.45) is 0.789. The standard InChI is InChI=1S/C6H12BNO3/c1-7(10)8-4-3-5(8)6(9)11-2/h5,10H,3-4H2,1-2H3. The number of hydrogen-bond acceptors (Lipinski definition) is 4. The first-order chi connectivity index (χ1) is 5.16. The van der Waals surface area contributed by atoms with Gasteiger partial charge in [-0.1, -0.05) is 0 Å². The van der Waals surface area contributed by atoms with Crippen molar-refractivity contribution in [1.82, 2.24) is 4.81 Å². The SMILES string of the molecule is COC(=O)C1CCN1B(C)O. The van der Waals surface area contributed by atoms with E-state index in [-0.39, 0.29) is 12.0 Å². The Morgan fingerprint density at radius 2 is 2.45 bits per heavy atom. The van der Waals surface area contributed by atoms with Crippen LogP contribution in [0.15, 0.2) is 0 Å². The lowest BCUT2D eigenvalue weighted by Crippen LogP contribution is -2.58. The highest BCUT2D eigenvalue weighted by atomic mass is 16.5. The smallest absolute Gasteiger partial charge is 0.377 e. The molecule has 0 aromatic carbocycles. The van der Waals surface area contributed by atoms with Crippen molar-refractivity contribution in [3.63, 3.8) is 0 Å². The highest BCUT2D eigenvalue weighted by molar-refractivity contribution is 6.46. The molecule has 1 aliphatic rings. The monoisotopic (exact) mass is 157 g/mol. The van der Waals surface area contributed by atoms with Gasteiger partial charge in [0.15, 0.2) is 0 Å². The maximum absolute atomic E-state index is 10.9. The van der Waals surface area contributed by atoms with Crippen LogP contribution >= 0.6 is 0 Å². The zero-order chi connectivity index (χ0) is 8.43. The van der Waals surface area contributed by atoms with Crippen LogP contribution in [0.2, 0.25) is 6.82 Å². The molecule has 0 amide bonds. The first-order valence-corrected chi connectivity index (χ1v) is 3.68. The predicted octanol–water partition coefficient (Wildman–Crippen LogP) is -0.656. The Morgan fingerprint density at radius 3 is 2.73 bits per heavy atom. The molecular weight excluding hydrogens is 145 g/mol. The van der Waals surface area contributed by atoms with Gasteiger partial charge in [-0.2, -0.15) is 0 Å². The normalized spacial score (nSPS) is 24.1. The summed E-state index contributed by atoms with van der Waals surface area (Å²) in [7, 11) is 0.814. The second-order valence-electron chi connectivity index (χ2n) is 2.70. The van der Waals surface area contributed by atoms with E-state index in [1.165, 1.54) is 7.11 Å². The topological polar surface area (TPSA) is 49.8 Å². The molecule has 1 heterocycles. The summed E-state index contributed by atoms with van der Waals surface area (Å²) in [4.78, 5) is 12.6. The quantitative estimate of drug-likeness (QED) is 0.427. The minimum absolute atomic E-state index is 0.222. The van der Waals surface area contributed by atoms with Crippen molar-refractivity contribution >= 4 is 13.0 Å². The van der Waals surface area contributed by atoms with Crippen molar-refractivity contribution in [3.8, 4) is 0 Å². The van der Waals surface area contributed by atoms with Gasteiger partial charge >= 0.3 is 13.0 Å². The van der Waals surface area contributed by atoms with Crippen LogP contribution in [0.4, 0.5) is 0 Å². The average molecular weight is 157 g/mol. The highest BCUT2D eigenvalue weighted by Gasteiger charge is 2.38. The molecule has 0 aliphatic carbocycles. The van der Waals surface area contributed by atoms with Crippen LogP contribution in [0.1, 0.15) is 6.42 Å². The summed E-state index contributed by atoms with van der Waals surface area (Å²) >= 11 is 0. The van der Waals surface area contributed by atoms with Crippen molar-refractivity contribution < 1.29 is 14.6 Å². The van der Waals surface area contributed by atoms with Crippen LogP contribution in [-0.2, 0) is 9.53 Å². The van der Waals surface area contributed by atoms with E-state index in [0.717, 1.165) is 13.0 Å². The molecular formula is C6H12BNO3. The lowest BCUT2D eigenvalue weighted by atomic mass is 9.78. The molecule has 0 bridgehead atoms. The number of hydrogen-bond donors (Lipinski definition) is 1. The molecule has 0 spiro atoms. The number of methoxy groups -OCH3 is 1. The van der Waals surface area contributed by atoms with Gasteiger partial charge < -0.3 is 14.6 Å². The van der Waals surface area contributed by atoms with E-state index < -0.39 is 7.05 Å². The van der Waals surface area contributed by atoms with E-state index in [9.17, 15) is 4.79 Å². The Morgan fingerprint density at radius 1 is 1.82 bits per heavy atom. The van der Waals surface area contributed by atoms with Crippen LogP contribution < -0.4 is 0 Å². The molecule has 5 heteroatoms. The first kappa shape index (κ1) is 8.55. The minimum atomic E-state index is -0.548. The fourth-order valence-electron chi connectivity index (χ4n) is 1.24. The van der Waals surface area contributed by atoms with E-state index >= 15 is 0 Å². The molecule has 62 valence electrons. The van der Waals surface area contributed by atoms with Gasteiger partial charge in [0.05, 0.1) is 7.11 Å². The second kappa shape index (κ2) is 3.23. The molecule has 1 atom stereocenters. The Hall–Kier alpha value is -0.545. The fourth-order valence-corrected chi connectivity index (χ4v) is 1.24. The molecule has 0 aromatic heterocycles. The number of esters is 1. The molecule has 0 saturated carbocycles. The van der Waals surface area contributed by atoms with E-state index in [1.807, 2.05) is 0 Å². The third kappa shape index (κ3) is 1.54.